The fraction of sp³-hybridized carbons (Fsp3) is 0.533. The minimum atomic E-state index is -0.0704. The second-order valence-electron chi connectivity index (χ2n) is 5.09. The number of rotatable bonds is 4. The molecule has 1 amide bonds. The van der Waals surface area contributed by atoms with Gasteiger partial charge in [-0.2, -0.15) is 0 Å². The second-order valence-corrected chi connectivity index (χ2v) is 5.09. The van der Waals surface area contributed by atoms with Crippen LogP contribution in [0.5, 0.6) is 0 Å². The third-order valence-corrected chi connectivity index (χ3v) is 3.50. The number of amides is 1. The van der Waals surface area contributed by atoms with Crippen molar-refractivity contribution in [2.75, 3.05) is 5.32 Å². The lowest BCUT2D eigenvalue weighted by atomic mass is 10.0. The molecule has 3 nitrogen and oxygen atoms in total. The van der Waals surface area contributed by atoms with E-state index >= 15 is 0 Å². The highest BCUT2D eigenvalue weighted by Crippen LogP contribution is 2.21. The van der Waals surface area contributed by atoms with E-state index in [9.17, 15) is 4.79 Å². The maximum absolute atomic E-state index is 12.1. The Hall–Kier alpha value is -1.35. The van der Waals surface area contributed by atoms with E-state index in [-0.39, 0.29) is 11.9 Å². The number of aryl methyl sites for hydroxylation is 1. The lowest BCUT2D eigenvalue weighted by Crippen LogP contribution is -2.44. The molecule has 0 saturated heterocycles. The molecule has 1 aliphatic rings. The minimum Gasteiger partial charge on any atom is -0.324 e. The number of benzene rings is 1. The highest BCUT2D eigenvalue weighted by Gasteiger charge is 2.24. The number of nitrogens with one attached hydrogen (secondary N) is 2. The van der Waals surface area contributed by atoms with Gasteiger partial charge in [0.15, 0.2) is 0 Å². The molecule has 18 heavy (non-hydrogen) atoms. The number of carbonyl (C=O) groups is 1. The van der Waals surface area contributed by atoms with Gasteiger partial charge < -0.3 is 10.6 Å². The average molecular weight is 246 g/mol. The van der Waals surface area contributed by atoms with E-state index < -0.39 is 0 Å². The minimum absolute atomic E-state index is 0.0704. The zero-order chi connectivity index (χ0) is 13.0. The molecule has 2 rings (SSSR count). The lowest BCUT2D eigenvalue weighted by molar-refractivity contribution is -0.118. The SMILES string of the molecule is CCCC(C)NC1CCc2ccccc2NC1=O. The molecule has 3 heteroatoms. The van der Waals surface area contributed by atoms with Crippen molar-refractivity contribution >= 4 is 11.6 Å². The summed E-state index contributed by atoms with van der Waals surface area (Å²) in [5.74, 6) is 0.0999. The molecule has 1 aromatic carbocycles. The van der Waals surface area contributed by atoms with Gasteiger partial charge >= 0.3 is 0 Å². The van der Waals surface area contributed by atoms with Crippen LogP contribution in [0.4, 0.5) is 5.69 Å². The van der Waals surface area contributed by atoms with Gasteiger partial charge in [0, 0.05) is 11.7 Å². The summed E-state index contributed by atoms with van der Waals surface area (Å²) >= 11 is 0. The number of para-hydroxylation sites is 1. The smallest absolute Gasteiger partial charge is 0.241 e. The molecule has 0 bridgehead atoms. The van der Waals surface area contributed by atoms with Crippen LogP contribution >= 0.6 is 0 Å². The summed E-state index contributed by atoms with van der Waals surface area (Å²) in [6, 6.07) is 8.38. The van der Waals surface area contributed by atoms with Crippen LogP contribution in [0, 0.1) is 0 Å². The van der Waals surface area contributed by atoms with Crippen molar-refractivity contribution in [3.8, 4) is 0 Å². The van der Waals surface area contributed by atoms with E-state index in [0.29, 0.717) is 6.04 Å². The molecule has 0 aliphatic carbocycles. The Morgan fingerprint density at radius 2 is 2.22 bits per heavy atom. The molecule has 0 radical (unpaired) electrons. The maximum atomic E-state index is 12.1. The molecular formula is C15H22N2O. The number of anilines is 1. The molecule has 0 saturated carbocycles. The topological polar surface area (TPSA) is 41.1 Å². The molecule has 2 atom stereocenters. The molecule has 2 N–H and O–H groups in total. The zero-order valence-corrected chi connectivity index (χ0v) is 11.2. The van der Waals surface area contributed by atoms with Crippen LogP contribution in [0.15, 0.2) is 24.3 Å². The third-order valence-electron chi connectivity index (χ3n) is 3.50. The normalized spacial score (nSPS) is 20.8. The van der Waals surface area contributed by atoms with Gasteiger partial charge in [0.2, 0.25) is 5.91 Å². The van der Waals surface area contributed by atoms with Crippen molar-refractivity contribution in [1.29, 1.82) is 0 Å². The van der Waals surface area contributed by atoms with Gasteiger partial charge in [0.1, 0.15) is 0 Å². The van der Waals surface area contributed by atoms with E-state index in [2.05, 4.69) is 30.5 Å². The first-order chi connectivity index (χ1) is 8.70. The van der Waals surface area contributed by atoms with E-state index in [0.717, 1.165) is 31.4 Å². The molecule has 1 aliphatic heterocycles. The Labute approximate surface area is 109 Å². The van der Waals surface area contributed by atoms with Crippen molar-refractivity contribution in [2.24, 2.45) is 0 Å². The summed E-state index contributed by atoms with van der Waals surface area (Å²) in [7, 11) is 0. The van der Waals surface area contributed by atoms with Crippen molar-refractivity contribution in [3.63, 3.8) is 0 Å². The summed E-state index contributed by atoms with van der Waals surface area (Å²) in [6.45, 7) is 4.32. The summed E-state index contributed by atoms with van der Waals surface area (Å²) in [5.41, 5.74) is 2.20. The Balaban J connectivity index is 2.03. The second kappa shape index (κ2) is 6.01. The van der Waals surface area contributed by atoms with Gasteiger partial charge in [0.05, 0.1) is 6.04 Å². The largest absolute Gasteiger partial charge is 0.324 e. The first-order valence-corrected chi connectivity index (χ1v) is 6.85. The van der Waals surface area contributed by atoms with Crippen LogP contribution < -0.4 is 10.6 Å². The van der Waals surface area contributed by atoms with E-state index in [1.165, 1.54) is 5.56 Å². The van der Waals surface area contributed by atoms with Crippen LogP contribution in [0.2, 0.25) is 0 Å². The number of fused-ring (bicyclic) bond motifs is 1. The summed E-state index contributed by atoms with van der Waals surface area (Å²) in [4.78, 5) is 12.1. The fourth-order valence-electron chi connectivity index (χ4n) is 2.53. The standard InChI is InChI=1S/C15H22N2O/c1-3-6-11(2)16-14-10-9-12-7-4-5-8-13(12)17-15(14)18/h4-5,7-8,11,14,16H,3,6,9-10H2,1-2H3,(H,17,18). The highest BCUT2D eigenvalue weighted by atomic mass is 16.2. The van der Waals surface area contributed by atoms with Crippen LogP contribution in [-0.2, 0) is 11.2 Å². The predicted molar refractivity (Wildman–Crippen MR) is 74.7 cm³/mol. The molecule has 0 aromatic heterocycles. The van der Waals surface area contributed by atoms with Crippen molar-refractivity contribution < 1.29 is 4.79 Å². The summed E-state index contributed by atoms with van der Waals surface area (Å²) in [6.07, 6.45) is 4.07. The van der Waals surface area contributed by atoms with Crippen LogP contribution in [0.25, 0.3) is 0 Å². The van der Waals surface area contributed by atoms with E-state index in [4.69, 9.17) is 0 Å². The lowest BCUT2D eigenvalue weighted by Gasteiger charge is -2.20. The summed E-state index contributed by atoms with van der Waals surface area (Å²) in [5, 5.41) is 6.45. The molecular weight excluding hydrogens is 224 g/mol. The average Bonchev–Trinajstić information content (AvgIpc) is 2.50. The Kier molecular flexibility index (Phi) is 4.37. The van der Waals surface area contributed by atoms with Crippen molar-refractivity contribution in [3.05, 3.63) is 29.8 Å². The third kappa shape index (κ3) is 3.10. The highest BCUT2D eigenvalue weighted by molar-refractivity contribution is 5.96. The van der Waals surface area contributed by atoms with Gasteiger partial charge in [-0.25, -0.2) is 0 Å². The van der Waals surface area contributed by atoms with Crippen LogP contribution in [0.3, 0.4) is 0 Å². The molecule has 0 spiro atoms. The Morgan fingerprint density at radius 1 is 1.44 bits per heavy atom. The number of carbonyl (C=O) groups excluding carboxylic acids is 1. The van der Waals surface area contributed by atoms with Gasteiger partial charge in [-0.3, -0.25) is 4.79 Å². The number of hydrogen-bond donors (Lipinski definition) is 2. The monoisotopic (exact) mass is 246 g/mol. The van der Waals surface area contributed by atoms with Crippen LogP contribution in [0.1, 0.15) is 38.7 Å². The number of hydrogen-bond acceptors (Lipinski definition) is 2. The maximum Gasteiger partial charge on any atom is 0.241 e. The molecule has 1 aromatic rings. The van der Waals surface area contributed by atoms with Gasteiger partial charge in [0.25, 0.3) is 0 Å². The first kappa shape index (κ1) is 13.1. The molecule has 2 unspecified atom stereocenters. The Bertz CT molecular complexity index is 417. The van der Waals surface area contributed by atoms with Gasteiger partial charge in [-0.1, -0.05) is 31.5 Å². The zero-order valence-electron chi connectivity index (χ0n) is 11.2. The molecule has 98 valence electrons. The fourth-order valence-corrected chi connectivity index (χ4v) is 2.53. The van der Waals surface area contributed by atoms with Crippen LogP contribution in [-0.4, -0.2) is 18.0 Å². The van der Waals surface area contributed by atoms with Crippen molar-refractivity contribution in [1.82, 2.24) is 5.32 Å². The first-order valence-electron chi connectivity index (χ1n) is 6.85. The van der Waals surface area contributed by atoms with E-state index in [1.807, 2.05) is 18.2 Å². The molecule has 0 fully saturated rings. The Morgan fingerprint density at radius 3 is 3.00 bits per heavy atom. The van der Waals surface area contributed by atoms with Crippen molar-refractivity contribution in [2.45, 2.75) is 51.6 Å². The predicted octanol–water partition coefficient (Wildman–Crippen LogP) is 2.72. The van der Waals surface area contributed by atoms with E-state index in [1.54, 1.807) is 0 Å². The van der Waals surface area contributed by atoms with Gasteiger partial charge in [-0.05, 0) is 37.8 Å². The summed E-state index contributed by atoms with van der Waals surface area (Å²) < 4.78 is 0. The quantitative estimate of drug-likeness (QED) is 0.857. The molecule has 1 heterocycles. The van der Waals surface area contributed by atoms with Gasteiger partial charge in [-0.15, -0.1) is 0 Å².